The SMILES string of the molecule is O=C(c1sccc1Br)c1ccnc2ccccc12. The lowest BCUT2D eigenvalue weighted by atomic mass is 10.0. The lowest BCUT2D eigenvalue weighted by Gasteiger charge is -2.04. The molecule has 88 valence electrons. The summed E-state index contributed by atoms with van der Waals surface area (Å²) >= 11 is 4.85. The summed E-state index contributed by atoms with van der Waals surface area (Å²) in [4.78, 5) is 17.5. The first-order chi connectivity index (χ1) is 8.77. The fourth-order valence-electron chi connectivity index (χ4n) is 1.87. The third-order valence-electron chi connectivity index (χ3n) is 2.72. The molecule has 0 aliphatic carbocycles. The molecule has 2 nitrogen and oxygen atoms in total. The molecule has 0 atom stereocenters. The average Bonchev–Trinajstić information content (AvgIpc) is 2.83. The van der Waals surface area contributed by atoms with Gasteiger partial charge in [-0.3, -0.25) is 9.78 Å². The smallest absolute Gasteiger partial charge is 0.204 e. The third-order valence-corrected chi connectivity index (χ3v) is 4.55. The van der Waals surface area contributed by atoms with Gasteiger partial charge in [-0.05, 0) is 39.5 Å². The van der Waals surface area contributed by atoms with Crippen LogP contribution in [0.4, 0.5) is 0 Å². The average molecular weight is 318 g/mol. The molecule has 0 amide bonds. The maximum absolute atomic E-state index is 12.5. The minimum Gasteiger partial charge on any atom is -0.288 e. The molecule has 0 spiro atoms. The Kier molecular flexibility index (Phi) is 2.97. The Hall–Kier alpha value is -1.52. The van der Waals surface area contributed by atoms with E-state index in [1.54, 1.807) is 12.3 Å². The number of thiophene rings is 1. The van der Waals surface area contributed by atoms with Crippen LogP contribution < -0.4 is 0 Å². The van der Waals surface area contributed by atoms with Gasteiger partial charge in [0.15, 0.2) is 0 Å². The van der Waals surface area contributed by atoms with Crippen LogP contribution >= 0.6 is 27.3 Å². The summed E-state index contributed by atoms with van der Waals surface area (Å²) in [7, 11) is 0. The maximum atomic E-state index is 12.5. The van der Waals surface area contributed by atoms with Gasteiger partial charge in [-0.2, -0.15) is 0 Å². The molecular formula is C14H8BrNOS. The van der Waals surface area contributed by atoms with Gasteiger partial charge in [-0.15, -0.1) is 11.3 Å². The monoisotopic (exact) mass is 317 g/mol. The zero-order valence-electron chi connectivity index (χ0n) is 9.26. The summed E-state index contributed by atoms with van der Waals surface area (Å²) in [6.07, 6.45) is 1.68. The van der Waals surface area contributed by atoms with E-state index >= 15 is 0 Å². The molecule has 0 fully saturated rings. The van der Waals surface area contributed by atoms with Crippen LogP contribution in [0.15, 0.2) is 52.4 Å². The summed E-state index contributed by atoms with van der Waals surface area (Å²) < 4.78 is 0.846. The van der Waals surface area contributed by atoms with Crippen LogP contribution in [0.25, 0.3) is 10.9 Å². The first-order valence-electron chi connectivity index (χ1n) is 5.39. The predicted molar refractivity (Wildman–Crippen MR) is 77.2 cm³/mol. The second kappa shape index (κ2) is 4.63. The Morgan fingerprint density at radius 3 is 2.78 bits per heavy atom. The number of benzene rings is 1. The fraction of sp³-hybridized carbons (Fsp3) is 0. The number of fused-ring (bicyclic) bond motifs is 1. The van der Waals surface area contributed by atoms with Crippen molar-refractivity contribution in [3.63, 3.8) is 0 Å². The molecule has 18 heavy (non-hydrogen) atoms. The van der Waals surface area contributed by atoms with Crippen LogP contribution in [0.2, 0.25) is 0 Å². The van der Waals surface area contributed by atoms with Gasteiger partial charge in [0.1, 0.15) is 0 Å². The molecule has 3 aromatic rings. The lowest BCUT2D eigenvalue weighted by Crippen LogP contribution is -2.01. The summed E-state index contributed by atoms with van der Waals surface area (Å²) in [5, 5.41) is 2.80. The van der Waals surface area contributed by atoms with Gasteiger partial charge in [0.25, 0.3) is 0 Å². The van der Waals surface area contributed by atoms with E-state index in [4.69, 9.17) is 0 Å². The van der Waals surface area contributed by atoms with Crippen LogP contribution in [0.3, 0.4) is 0 Å². The summed E-state index contributed by atoms with van der Waals surface area (Å²) in [6, 6.07) is 11.3. The van der Waals surface area contributed by atoms with E-state index in [2.05, 4.69) is 20.9 Å². The summed E-state index contributed by atoms with van der Waals surface area (Å²) in [5.41, 5.74) is 1.54. The van der Waals surface area contributed by atoms with Crippen molar-refractivity contribution < 1.29 is 4.79 Å². The Labute approximate surface area is 116 Å². The van der Waals surface area contributed by atoms with Crippen LogP contribution in [-0.4, -0.2) is 10.8 Å². The van der Waals surface area contributed by atoms with Crippen molar-refractivity contribution >= 4 is 44.0 Å². The van der Waals surface area contributed by atoms with Gasteiger partial charge in [0, 0.05) is 21.6 Å². The van der Waals surface area contributed by atoms with Crippen molar-refractivity contribution in [2.75, 3.05) is 0 Å². The Morgan fingerprint density at radius 2 is 2.00 bits per heavy atom. The molecule has 0 aliphatic rings. The molecule has 2 heterocycles. The Morgan fingerprint density at radius 1 is 1.17 bits per heavy atom. The number of rotatable bonds is 2. The molecule has 1 aromatic carbocycles. The van der Waals surface area contributed by atoms with Crippen molar-refractivity contribution in [3.8, 4) is 0 Å². The zero-order valence-corrected chi connectivity index (χ0v) is 11.7. The second-order valence-corrected chi connectivity index (χ2v) is 5.57. The Bertz CT molecular complexity index is 730. The topological polar surface area (TPSA) is 30.0 Å². The largest absolute Gasteiger partial charge is 0.288 e. The van der Waals surface area contributed by atoms with E-state index in [1.807, 2.05) is 35.7 Å². The molecular weight excluding hydrogens is 310 g/mol. The lowest BCUT2D eigenvalue weighted by molar-refractivity contribution is 0.104. The highest BCUT2D eigenvalue weighted by molar-refractivity contribution is 9.10. The predicted octanol–water partition coefficient (Wildman–Crippen LogP) is 4.29. The number of nitrogens with zero attached hydrogens (tertiary/aromatic N) is 1. The van der Waals surface area contributed by atoms with Crippen molar-refractivity contribution in [2.45, 2.75) is 0 Å². The highest BCUT2D eigenvalue weighted by Gasteiger charge is 2.16. The van der Waals surface area contributed by atoms with Crippen LogP contribution in [0.5, 0.6) is 0 Å². The number of pyridine rings is 1. The fourth-order valence-corrected chi connectivity index (χ4v) is 3.38. The van der Waals surface area contributed by atoms with Crippen molar-refractivity contribution in [1.29, 1.82) is 0 Å². The first-order valence-corrected chi connectivity index (χ1v) is 7.06. The minimum absolute atomic E-state index is 0.0375. The molecule has 0 unspecified atom stereocenters. The standard InChI is InChI=1S/C14H8BrNOS/c15-11-6-8-18-14(11)13(17)10-5-7-16-12-4-2-1-3-9(10)12/h1-8H. The molecule has 0 saturated heterocycles. The van der Waals surface area contributed by atoms with Gasteiger partial charge in [-0.25, -0.2) is 0 Å². The molecule has 0 aliphatic heterocycles. The highest BCUT2D eigenvalue weighted by atomic mass is 79.9. The minimum atomic E-state index is 0.0375. The number of hydrogen-bond donors (Lipinski definition) is 0. The van der Waals surface area contributed by atoms with Gasteiger partial charge in [0.2, 0.25) is 5.78 Å². The number of carbonyl (C=O) groups excluding carboxylic acids is 1. The number of carbonyl (C=O) groups is 1. The van der Waals surface area contributed by atoms with E-state index in [1.165, 1.54) is 11.3 Å². The zero-order chi connectivity index (χ0) is 12.5. The van der Waals surface area contributed by atoms with Crippen LogP contribution in [0, 0.1) is 0 Å². The van der Waals surface area contributed by atoms with Crippen molar-refractivity contribution in [2.24, 2.45) is 0 Å². The number of ketones is 1. The van der Waals surface area contributed by atoms with Crippen LogP contribution in [-0.2, 0) is 0 Å². The van der Waals surface area contributed by atoms with Gasteiger partial charge < -0.3 is 0 Å². The van der Waals surface area contributed by atoms with Crippen LogP contribution in [0.1, 0.15) is 15.2 Å². The molecule has 0 N–H and O–H groups in total. The molecule has 3 rings (SSSR count). The van der Waals surface area contributed by atoms with Gasteiger partial charge in [0.05, 0.1) is 10.4 Å². The highest BCUT2D eigenvalue weighted by Crippen LogP contribution is 2.27. The molecule has 4 heteroatoms. The maximum Gasteiger partial charge on any atom is 0.204 e. The number of para-hydroxylation sites is 1. The summed E-state index contributed by atoms with van der Waals surface area (Å²) in [5.74, 6) is 0.0375. The van der Waals surface area contributed by atoms with E-state index in [9.17, 15) is 4.79 Å². The molecule has 0 saturated carbocycles. The molecule has 0 radical (unpaired) electrons. The molecule has 2 aromatic heterocycles. The number of aromatic nitrogens is 1. The van der Waals surface area contributed by atoms with Gasteiger partial charge >= 0.3 is 0 Å². The second-order valence-electron chi connectivity index (χ2n) is 3.80. The molecule has 0 bridgehead atoms. The summed E-state index contributed by atoms with van der Waals surface area (Å²) in [6.45, 7) is 0. The van der Waals surface area contributed by atoms with E-state index in [-0.39, 0.29) is 5.78 Å². The normalized spacial score (nSPS) is 10.7. The number of hydrogen-bond acceptors (Lipinski definition) is 3. The van der Waals surface area contributed by atoms with E-state index < -0.39 is 0 Å². The Balaban J connectivity index is 2.21. The third kappa shape index (κ3) is 1.87. The van der Waals surface area contributed by atoms with Crippen molar-refractivity contribution in [1.82, 2.24) is 4.98 Å². The van der Waals surface area contributed by atoms with E-state index in [0.29, 0.717) is 5.56 Å². The first kappa shape index (κ1) is 11.6. The quantitative estimate of drug-likeness (QED) is 0.660. The van der Waals surface area contributed by atoms with Crippen molar-refractivity contribution in [3.05, 3.63) is 62.9 Å². The van der Waals surface area contributed by atoms with Gasteiger partial charge in [-0.1, -0.05) is 18.2 Å². The number of halogens is 1. The van der Waals surface area contributed by atoms with E-state index in [0.717, 1.165) is 20.3 Å².